The van der Waals surface area contributed by atoms with Gasteiger partial charge in [0.15, 0.2) is 0 Å². The number of aryl methyl sites for hydroxylation is 1. The summed E-state index contributed by atoms with van der Waals surface area (Å²) in [6, 6.07) is 2.00. The van der Waals surface area contributed by atoms with E-state index >= 15 is 0 Å². The van der Waals surface area contributed by atoms with Crippen LogP contribution < -0.4 is 5.56 Å². The number of nitrogens with zero attached hydrogens (tertiary/aromatic N) is 2. The second-order valence-corrected chi connectivity index (χ2v) is 7.01. The smallest absolute Gasteiger partial charge is 0.271 e. The van der Waals surface area contributed by atoms with Crippen LogP contribution in [0.4, 0.5) is 0 Å². The third-order valence-corrected chi connectivity index (χ3v) is 4.57. The maximum atomic E-state index is 12.3. The lowest BCUT2D eigenvalue weighted by molar-refractivity contribution is 0.177. The molecule has 0 amide bonds. The number of fused-ring (bicyclic) bond motifs is 1. The van der Waals surface area contributed by atoms with Gasteiger partial charge >= 0.3 is 0 Å². The summed E-state index contributed by atoms with van der Waals surface area (Å²) in [4.78, 5) is 17.8. The van der Waals surface area contributed by atoms with Crippen molar-refractivity contribution in [1.29, 1.82) is 0 Å². The molecule has 104 valence electrons. The first-order valence-corrected chi connectivity index (χ1v) is 7.28. The maximum absolute atomic E-state index is 12.3. The molecule has 0 saturated heterocycles. The summed E-state index contributed by atoms with van der Waals surface area (Å²) >= 11 is 1.52. The Morgan fingerprint density at radius 3 is 2.74 bits per heavy atom. The highest BCUT2D eigenvalue weighted by atomic mass is 32.1. The molecule has 0 saturated carbocycles. The number of thiophene rings is 1. The third kappa shape index (κ3) is 3.04. The molecule has 2 heterocycles. The molecule has 1 atom stereocenters. The van der Waals surface area contributed by atoms with Gasteiger partial charge in [-0.2, -0.15) is 0 Å². The molecule has 0 spiro atoms. The van der Waals surface area contributed by atoms with Crippen LogP contribution in [0.1, 0.15) is 39.0 Å². The number of aliphatic hydroxyl groups is 1. The fraction of sp³-hybridized carbons (Fsp3) is 0.571. The molecule has 4 nitrogen and oxygen atoms in total. The minimum atomic E-state index is -0.406. The Kier molecular flexibility index (Phi) is 3.78. The zero-order chi connectivity index (χ0) is 14.2. The van der Waals surface area contributed by atoms with Gasteiger partial charge in [0.2, 0.25) is 0 Å². The van der Waals surface area contributed by atoms with Crippen LogP contribution in [0.25, 0.3) is 10.2 Å². The Morgan fingerprint density at radius 2 is 2.16 bits per heavy atom. The number of aromatic nitrogens is 2. The van der Waals surface area contributed by atoms with Crippen LogP contribution in [0, 0.1) is 0 Å². The number of aliphatic hydroxyl groups excluding tert-OH is 1. The monoisotopic (exact) mass is 280 g/mol. The maximum Gasteiger partial charge on any atom is 0.271 e. The summed E-state index contributed by atoms with van der Waals surface area (Å²) < 4.78 is 2.29. The SMILES string of the molecule is CC(O)CCn1cnc2cc(C(C)(C)C)sc2c1=O. The van der Waals surface area contributed by atoms with Crippen molar-refractivity contribution in [1.82, 2.24) is 9.55 Å². The Bertz CT molecular complexity index is 635. The first kappa shape index (κ1) is 14.2. The fourth-order valence-electron chi connectivity index (χ4n) is 1.80. The zero-order valence-electron chi connectivity index (χ0n) is 11.8. The van der Waals surface area contributed by atoms with Crippen LogP contribution in [0.5, 0.6) is 0 Å². The Labute approximate surface area is 116 Å². The summed E-state index contributed by atoms with van der Waals surface area (Å²) in [5, 5.41) is 9.30. The van der Waals surface area contributed by atoms with Crippen molar-refractivity contribution in [2.75, 3.05) is 0 Å². The van der Waals surface area contributed by atoms with E-state index in [0.29, 0.717) is 17.7 Å². The average molecular weight is 280 g/mol. The second-order valence-electron chi connectivity index (χ2n) is 5.96. The van der Waals surface area contributed by atoms with Gasteiger partial charge in [-0.25, -0.2) is 4.98 Å². The van der Waals surface area contributed by atoms with E-state index in [1.165, 1.54) is 16.2 Å². The molecular weight excluding hydrogens is 260 g/mol. The van der Waals surface area contributed by atoms with Crippen molar-refractivity contribution in [3.05, 3.63) is 27.6 Å². The lowest BCUT2D eigenvalue weighted by Crippen LogP contribution is -2.21. The molecule has 1 unspecified atom stereocenters. The summed E-state index contributed by atoms with van der Waals surface area (Å²) in [5.41, 5.74) is 0.793. The van der Waals surface area contributed by atoms with Gasteiger partial charge in [0, 0.05) is 11.4 Å². The van der Waals surface area contributed by atoms with E-state index in [2.05, 4.69) is 25.8 Å². The van der Waals surface area contributed by atoms with Gasteiger partial charge in [0.05, 0.1) is 17.9 Å². The van der Waals surface area contributed by atoms with Crippen molar-refractivity contribution in [2.45, 2.75) is 52.2 Å². The van der Waals surface area contributed by atoms with E-state index in [0.717, 1.165) is 5.52 Å². The standard InChI is InChI=1S/C14H20N2O2S/c1-9(17)5-6-16-8-15-10-7-11(14(2,3)4)19-12(10)13(16)18/h7-9,17H,5-6H2,1-4H3. The number of hydrogen-bond donors (Lipinski definition) is 1. The van der Waals surface area contributed by atoms with Gasteiger partial charge in [0.1, 0.15) is 4.70 Å². The number of rotatable bonds is 3. The molecule has 0 aliphatic carbocycles. The molecular formula is C14H20N2O2S. The fourth-order valence-corrected chi connectivity index (χ4v) is 2.92. The molecule has 0 radical (unpaired) electrons. The summed E-state index contributed by atoms with van der Waals surface area (Å²) in [5.74, 6) is 0. The van der Waals surface area contributed by atoms with Crippen LogP contribution in [0.2, 0.25) is 0 Å². The molecule has 1 N–H and O–H groups in total. The van der Waals surface area contributed by atoms with E-state index in [-0.39, 0.29) is 11.0 Å². The predicted octanol–water partition coefficient (Wildman–Crippen LogP) is 2.53. The zero-order valence-corrected chi connectivity index (χ0v) is 12.6. The molecule has 19 heavy (non-hydrogen) atoms. The molecule has 2 rings (SSSR count). The van der Waals surface area contributed by atoms with E-state index in [1.54, 1.807) is 17.8 Å². The molecule has 5 heteroatoms. The van der Waals surface area contributed by atoms with E-state index in [1.807, 2.05) is 6.07 Å². The van der Waals surface area contributed by atoms with Crippen LogP contribution in [-0.4, -0.2) is 20.8 Å². The van der Waals surface area contributed by atoms with Crippen molar-refractivity contribution < 1.29 is 5.11 Å². The highest BCUT2D eigenvalue weighted by Gasteiger charge is 2.19. The minimum Gasteiger partial charge on any atom is -0.393 e. The molecule has 0 fully saturated rings. The summed E-state index contributed by atoms with van der Waals surface area (Å²) in [7, 11) is 0. The van der Waals surface area contributed by atoms with Gasteiger partial charge in [-0.1, -0.05) is 20.8 Å². The molecule has 0 aliphatic heterocycles. The predicted molar refractivity (Wildman–Crippen MR) is 78.9 cm³/mol. The summed E-state index contributed by atoms with van der Waals surface area (Å²) in [6.45, 7) is 8.61. The average Bonchev–Trinajstić information content (AvgIpc) is 2.72. The van der Waals surface area contributed by atoms with Crippen molar-refractivity contribution in [3.8, 4) is 0 Å². The first-order valence-electron chi connectivity index (χ1n) is 6.46. The normalized spacial score (nSPS) is 13.9. The van der Waals surface area contributed by atoms with Crippen molar-refractivity contribution in [3.63, 3.8) is 0 Å². The largest absolute Gasteiger partial charge is 0.393 e. The number of hydrogen-bond acceptors (Lipinski definition) is 4. The van der Waals surface area contributed by atoms with E-state index in [4.69, 9.17) is 0 Å². The Hall–Kier alpha value is -1.20. The van der Waals surface area contributed by atoms with Gasteiger partial charge in [-0.3, -0.25) is 9.36 Å². The molecule has 2 aromatic heterocycles. The second kappa shape index (κ2) is 5.06. The minimum absolute atomic E-state index is 0.00819. The van der Waals surface area contributed by atoms with Gasteiger partial charge in [0.25, 0.3) is 5.56 Å². The highest BCUT2D eigenvalue weighted by Crippen LogP contribution is 2.31. The van der Waals surface area contributed by atoms with Crippen molar-refractivity contribution in [2.24, 2.45) is 0 Å². The molecule has 0 aliphatic rings. The van der Waals surface area contributed by atoms with E-state index in [9.17, 15) is 9.90 Å². The molecule has 0 aromatic carbocycles. The topological polar surface area (TPSA) is 55.1 Å². The lowest BCUT2D eigenvalue weighted by Gasteiger charge is -2.14. The highest BCUT2D eigenvalue weighted by molar-refractivity contribution is 7.19. The van der Waals surface area contributed by atoms with E-state index < -0.39 is 6.10 Å². The third-order valence-electron chi connectivity index (χ3n) is 3.03. The Balaban J connectivity index is 2.44. The molecule has 2 aromatic rings. The van der Waals surface area contributed by atoms with Gasteiger partial charge in [-0.15, -0.1) is 11.3 Å². The van der Waals surface area contributed by atoms with Crippen molar-refractivity contribution >= 4 is 21.6 Å². The Morgan fingerprint density at radius 1 is 1.47 bits per heavy atom. The molecule has 0 bridgehead atoms. The summed E-state index contributed by atoms with van der Waals surface area (Å²) in [6.07, 6.45) is 1.73. The van der Waals surface area contributed by atoms with Gasteiger partial charge < -0.3 is 5.11 Å². The van der Waals surface area contributed by atoms with Crippen LogP contribution in [-0.2, 0) is 12.0 Å². The quantitative estimate of drug-likeness (QED) is 0.940. The van der Waals surface area contributed by atoms with Crippen LogP contribution >= 0.6 is 11.3 Å². The van der Waals surface area contributed by atoms with Crippen LogP contribution in [0.15, 0.2) is 17.2 Å². The van der Waals surface area contributed by atoms with Crippen LogP contribution in [0.3, 0.4) is 0 Å². The lowest BCUT2D eigenvalue weighted by atomic mass is 9.95. The van der Waals surface area contributed by atoms with Gasteiger partial charge in [-0.05, 0) is 24.8 Å². The first-order chi connectivity index (χ1) is 8.79.